The fraction of sp³-hybridized carbons (Fsp3) is 0.375. The number of rotatable bonds is 5. The molecule has 7 heteroatoms. The Morgan fingerprint density at radius 2 is 2.17 bits per heavy atom. The molecular formula is C16H18BrNO3S2. The van der Waals surface area contributed by atoms with Crippen LogP contribution in [0.5, 0.6) is 11.5 Å². The van der Waals surface area contributed by atoms with Crippen LogP contribution in [0.4, 0.5) is 0 Å². The number of aromatic hydroxyl groups is 1. The minimum Gasteiger partial charge on any atom is -0.504 e. The highest BCUT2D eigenvalue weighted by Gasteiger charge is 2.32. The van der Waals surface area contributed by atoms with E-state index in [9.17, 15) is 9.90 Å². The molecule has 23 heavy (non-hydrogen) atoms. The second-order valence-corrected chi connectivity index (χ2v) is 7.99. The zero-order chi connectivity index (χ0) is 17.1. The summed E-state index contributed by atoms with van der Waals surface area (Å²) in [5.74, 6) is 0.719. The Kier molecular flexibility index (Phi) is 6.11. The van der Waals surface area contributed by atoms with Gasteiger partial charge in [0.05, 0.1) is 11.5 Å². The molecule has 0 aliphatic carbocycles. The summed E-state index contributed by atoms with van der Waals surface area (Å²) >= 11 is 10.00. The minimum atomic E-state index is -0.0772. The van der Waals surface area contributed by atoms with Gasteiger partial charge in [-0.1, -0.05) is 53.8 Å². The van der Waals surface area contributed by atoms with Crippen molar-refractivity contribution in [3.63, 3.8) is 0 Å². The first kappa shape index (κ1) is 18.3. The molecule has 0 aromatic heterocycles. The number of phenols is 1. The Labute approximate surface area is 154 Å². The maximum Gasteiger partial charge on any atom is 0.266 e. The smallest absolute Gasteiger partial charge is 0.266 e. The van der Waals surface area contributed by atoms with Crippen molar-refractivity contribution >= 4 is 56.2 Å². The molecule has 1 fully saturated rings. The van der Waals surface area contributed by atoms with Gasteiger partial charge in [-0.25, -0.2) is 0 Å². The average molecular weight is 416 g/mol. The van der Waals surface area contributed by atoms with E-state index in [2.05, 4.69) is 15.9 Å². The summed E-state index contributed by atoms with van der Waals surface area (Å²) in [6, 6.07) is 3.27. The summed E-state index contributed by atoms with van der Waals surface area (Å²) in [4.78, 5) is 14.7. The first-order valence-electron chi connectivity index (χ1n) is 7.24. The molecule has 0 unspecified atom stereocenters. The Balaban J connectivity index is 2.33. The summed E-state index contributed by atoms with van der Waals surface area (Å²) in [5.41, 5.74) is 0.760. The lowest BCUT2D eigenvalue weighted by Crippen LogP contribution is -2.31. The third-order valence-electron chi connectivity index (χ3n) is 3.09. The first-order valence-corrected chi connectivity index (χ1v) is 9.26. The van der Waals surface area contributed by atoms with Crippen molar-refractivity contribution in [2.45, 2.75) is 20.8 Å². The fourth-order valence-electron chi connectivity index (χ4n) is 2.10. The third kappa shape index (κ3) is 4.28. The predicted molar refractivity (Wildman–Crippen MR) is 102 cm³/mol. The third-order valence-corrected chi connectivity index (χ3v) is 5.15. The Morgan fingerprint density at radius 3 is 2.78 bits per heavy atom. The second-order valence-electron chi connectivity index (χ2n) is 5.46. The van der Waals surface area contributed by atoms with E-state index in [4.69, 9.17) is 17.0 Å². The van der Waals surface area contributed by atoms with E-state index in [0.717, 1.165) is 5.56 Å². The molecule has 1 amide bonds. The number of ether oxygens (including phenoxy) is 1. The fourth-order valence-corrected chi connectivity index (χ4v) is 3.82. The van der Waals surface area contributed by atoms with Gasteiger partial charge in [0.15, 0.2) is 11.5 Å². The van der Waals surface area contributed by atoms with E-state index in [-0.39, 0.29) is 11.7 Å². The van der Waals surface area contributed by atoms with Gasteiger partial charge in [0, 0.05) is 11.0 Å². The van der Waals surface area contributed by atoms with Gasteiger partial charge in [0.25, 0.3) is 5.91 Å². The van der Waals surface area contributed by atoms with E-state index in [1.807, 2.05) is 20.8 Å². The molecule has 1 heterocycles. The molecule has 0 spiro atoms. The van der Waals surface area contributed by atoms with E-state index in [1.54, 1.807) is 23.1 Å². The molecule has 4 nitrogen and oxygen atoms in total. The number of thiocarbonyl (C=S) groups is 1. The van der Waals surface area contributed by atoms with Crippen molar-refractivity contribution in [2.75, 3.05) is 13.2 Å². The monoisotopic (exact) mass is 415 g/mol. The number of nitrogens with zero attached hydrogens (tertiary/aromatic N) is 1. The number of amides is 1. The number of phenolic OH excluding ortho intramolecular Hbond substituents is 1. The van der Waals surface area contributed by atoms with Crippen LogP contribution in [-0.2, 0) is 4.79 Å². The standard InChI is InChI=1S/C16H18BrNO3S2/c1-4-21-13-5-10(11(17)7-12(13)19)6-14-15(20)18(8-9(2)3)16(22)23-14/h5-7,9,19H,4,8H2,1-3H3/b14-6-. The van der Waals surface area contributed by atoms with Gasteiger partial charge in [-0.2, -0.15) is 0 Å². The molecule has 1 aromatic carbocycles. The number of carbonyl (C=O) groups is 1. The van der Waals surface area contributed by atoms with Crippen molar-refractivity contribution in [2.24, 2.45) is 5.92 Å². The van der Waals surface area contributed by atoms with Crippen LogP contribution >= 0.6 is 39.9 Å². The average Bonchev–Trinajstić information content (AvgIpc) is 2.71. The topological polar surface area (TPSA) is 49.8 Å². The van der Waals surface area contributed by atoms with Crippen molar-refractivity contribution in [3.05, 3.63) is 27.1 Å². The van der Waals surface area contributed by atoms with E-state index >= 15 is 0 Å². The molecule has 1 aliphatic rings. The predicted octanol–water partition coefficient (Wildman–Crippen LogP) is 4.41. The number of benzene rings is 1. The molecule has 124 valence electrons. The summed E-state index contributed by atoms with van der Waals surface area (Å²) in [6.45, 7) is 7.01. The molecule has 1 aromatic rings. The highest BCUT2D eigenvalue weighted by atomic mass is 79.9. The molecule has 1 N–H and O–H groups in total. The molecule has 0 atom stereocenters. The first-order chi connectivity index (χ1) is 10.8. The number of carbonyl (C=O) groups excluding carboxylic acids is 1. The molecule has 0 bridgehead atoms. The molecule has 2 rings (SSSR count). The van der Waals surface area contributed by atoms with Gasteiger partial charge in [-0.15, -0.1) is 0 Å². The van der Waals surface area contributed by atoms with Crippen molar-refractivity contribution in [1.29, 1.82) is 0 Å². The van der Waals surface area contributed by atoms with Crippen LogP contribution in [0, 0.1) is 5.92 Å². The lowest BCUT2D eigenvalue weighted by molar-refractivity contribution is -0.122. The Hall–Kier alpha value is -1.05. The Bertz CT molecular complexity index is 674. The highest BCUT2D eigenvalue weighted by Crippen LogP contribution is 2.37. The maximum atomic E-state index is 12.5. The summed E-state index contributed by atoms with van der Waals surface area (Å²) in [5, 5.41) is 9.87. The lowest BCUT2D eigenvalue weighted by Gasteiger charge is -2.16. The van der Waals surface area contributed by atoms with E-state index in [1.165, 1.54) is 11.8 Å². The molecule has 1 saturated heterocycles. The maximum absolute atomic E-state index is 12.5. The van der Waals surface area contributed by atoms with E-state index < -0.39 is 0 Å². The van der Waals surface area contributed by atoms with Gasteiger partial charge in [-0.05, 0) is 36.6 Å². The zero-order valence-corrected chi connectivity index (χ0v) is 16.3. The van der Waals surface area contributed by atoms with E-state index in [0.29, 0.717) is 38.5 Å². The van der Waals surface area contributed by atoms with Gasteiger partial charge in [0.2, 0.25) is 0 Å². The molecule has 0 radical (unpaired) electrons. The van der Waals surface area contributed by atoms with Crippen molar-refractivity contribution in [3.8, 4) is 11.5 Å². The molecule has 1 aliphatic heterocycles. The van der Waals surface area contributed by atoms with Crippen LogP contribution in [0.15, 0.2) is 21.5 Å². The van der Waals surface area contributed by atoms with Gasteiger partial charge >= 0.3 is 0 Å². The normalized spacial score (nSPS) is 16.7. The quantitative estimate of drug-likeness (QED) is 0.569. The van der Waals surface area contributed by atoms with Gasteiger partial charge in [-0.3, -0.25) is 9.69 Å². The van der Waals surface area contributed by atoms with Crippen LogP contribution in [0.1, 0.15) is 26.3 Å². The SMILES string of the molecule is CCOc1cc(/C=C2\SC(=S)N(CC(C)C)C2=O)c(Br)cc1O. The zero-order valence-electron chi connectivity index (χ0n) is 13.1. The largest absolute Gasteiger partial charge is 0.504 e. The highest BCUT2D eigenvalue weighted by molar-refractivity contribution is 9.10. The number of halogens is 1. The summed E-state index contributed by atoms with van der Waals surface area (Å²) < 4.78 is 6.66. The number of thioether (sulfide) groups is 1. The van der Waals surface area contributed by atoms with Crippen LogP contribution in [0.2, 0.25) is 0 Å². The minimum absolute atomic E-state index is 0.0585. The van der Waals surface area contributed by atoms with Gasteiger partial charge in [0.1, 0.15) is 4.32 Å². The van der Waals surface area contributed by atoms with Crippen LogP contribution in [0.25, 0.3) is 6.08 Å². The van der Waals surface area contributed by atoms with Crippen LogP contribution < -0.4 is 4.74 Å². The van der Waals surface area contributed by atoms with Crippen molar-refractivity contribution < 1.29 is 14.6 Å². The van der Waals surface area contributed by atoms with Gasteiger partial charge < -0.3 is 9.84 Å². The molecular weight excluding hydrogens is 398 g/mol. The second kappa shape index (κ2) is 7.68. The summed E-state index contributed by atoms with van der Waals surface area (Å²) in [6.07, 6.45) is 1.77. The summed E-state index contributed by atoms with van der Waals surface area (Å²) in [7, 11) is 0. The molecule has 0 saturated carbocycles. The number of hydrogen-bond donors (Lipinski definition) is 1. The van der Waals surface area contributed by atoms with Crippen LogP contribution in [0.3, 0.4) is 0 Å². The van der Waals surface area contributed by atoms with Crippen LogP contribution in [-0.4, -0.2) is 33.4 Å². The number of hydrogen-bond acceptors (Lipinski definition) is 5. The van der Waals surface area contributed by atoms with Crippen molar-refractivity contribution in [1.82, 2.24) is 4.90 Å². The lowest BCUT2D eigenvalue weighted by atomic mass is 10.1. The Morgan fingerprint density at radius 1 is 1.48 bits per heavy atom.